The SMILES string of the molecule is O=c1oc2ccccc2c2c1C[C@@]1(CCCNCC1)O2. The van der Waals surface area contributed by atoms with Gasteiger partial charge in [-0.25, -0.2) is 4.79 Å². The summed E-state index contributed by atoms with van der Waals surface area (Å²) in [4.78, 5) is 12.2. The minimum atomic E-state index is -0.243. The zero-order chi connectivity index (χ0) is 13.6. The van der Waals surface area contributed by atoms with Gasteiger partial charge in [0.15, 0.2) is 0 Å². The van der Waals surface area contributed by atoms with Crippen LogP contribution in [0.15, 0.2) is 33.5 Å². The van der Waals surface area contributed by atoms with Gasteiger partial charge in [0.2, 0.25) is 0 Å². The summed E-state index contributed by atoms with van der Waals surface area (Å²) >= 11 is 0. The van der Waals surface area contributed by atoms with Gasteiger partial charge in [-0.3, -0.25) is 0 Å². The highest BCUT2D eigenvalue weighted by Gasteiger charge is 2.42. The Bertz CT molecular complexity index is 711. The average Bonchev–Trinajstić information content (AvgIpc) is 2.68. The van der Waals surface area contributed by atoms with Crippen molar-refractivity contribution in [2.75, 3.05) is 13.1 Å². The number of para-hydroxylation sites is 1. The van der Waals surface area contributed by atoms with Gasteiger partial charge in [-0.2, -0.15) is 0 Å². The minimum Gasteiger partial charge on any atom is -0.486 e. The zero-order valence-electron chi connectivity index (χ0n) is 11.3. The second kappa shape index (κ2) is 4.35. The predicted molar refractivity (Wildman–Crippen MR) is 76.3 cm³/mol. The fourth-order valence-corrected chi connectivity index (χ4v) is 3.38. The van der Waals surface area contributed by atoms with E-state index in [0.29, 0.717) is 17.6 Å². The molecular weight excluding hydrogens is 254 g/mol. The molecule has 4 heteroatoms. The van der Waals surface area contributed by atoms with Crippen LogP contribution in [0, 0.1) is 0 Å². The van der Waals surface area contributed by atoms with E-state index in [9.17, 15) is 4.79 Å². The molecular formula is C16H17NO3. The molecule has 4 nitrogen and oxygen atoms in total. The van der Waals surface area contributed by atoms with Gasteiger partial charge >= 0.3 is 5.63 Å². The number of nitrogens with one attached hydrogen (secondary N) is 1. The summed E-state index contributed by atoms with van der Waals surface area (Å²) in [6.07, 6.45) is 3.69. The summed E-state index contributed by atoms with van der Waals surface area (Å²) in [5.74, 6) is 0.749. The maximum absolute atomic E-state index is 12.2. The van der Waals surface area contributed by atoms with Crippen molar-refractivity contribution >= 4 is 11.0 Å². The van der Waals surface area contributed by atoms with Crippen molar-refractivity contribution in [2.24, 2.45) is 0 Å². The molecule has 0 unspecified atom stereocenters. The van der Waals surface area contributed by atoms with Crippen molar-refractivity contribution in [3.8, 4) is 5.75 Å². The molecule has 104 valence electrons. The monoisotopic (exact) mass is 271 g/mol. The molecule has 1 saturated heterocycles. The fraction of sp³-hybridized carbons (Fsp3) is 0.438. The van der Waals surface area contributed by atoms with Crippen LogP contribution in [0.25, 0.3) is 11.0 Å². The second-order valence-corrected chi connectivity index (χ2v) is 5.76. The van der Waals surface area contributed by atoms with Gasteiger partial charge in [-0.05, 0) is 44.5 Å². The first-order valence-corrected chi connectivity index (χ1v) is 7.22. The van der Waals surface area contributed by atoms with E-state index in [-0.39, 0.29) is 11.2 Å². The van der Waals surface area contributed by atoms with Crippen LogP contribution in [0.5, 0.6) is 5.75 Å². The molecule has 1 N–H and O–H groups in total. The summed E-state index contributed by atoms with van der Waals surface area (Å²) < 4.78 is 11.7. The number of hydrogen-bond acceptors (Lipinski definition) is 4. The first kappa shape index (κ1) is 12.0. The van der Waals surface area contributed by atoms with Crippen LogP contribution in [-0.2, 0) is 6.42 Å². The van der Waals surface area contributed by atoms with Gasteiger partial charge in [0.25, 0.3) is 0 Å². The largest absolute Gasteiger partial charge is 0.486 e. The van der Waals surface area contributed by atoms with Crippen LogP contribution in [-0.4, -0.2) is 18.7 Å². The number of hydrogen-bond donors (Lipinski definition) is 1. The van der Waals surface area contributed by atoms with E-state index in [1.165, 1.54) is 0 Å². The molecule has 2 aromatic rings. The highest BCUT2D eigenvalue weighted by atomic mass is 16.5. The van der Waals surface area contributed by atoms with Crippen LogP contribution in [0.1, 0.15) is 24.8 Å². The Morgan fingerprint density at radius 2 is 2.05 bits per heavy atom. The Morgan fingerprint density at radius 1 is 1.15 bits per heavy atom. The maximum atomic E-state index is 12.2. The molecule has 0 aliphatic carbocycles. The van der Waals surface area contributed by atoms with Crippen molar-refractivity contribution in [2.45, 2.75) is 31.3 Å². The maximum Gasteiger partial charge on any atom is 0.343 e. The topological polar surface area (TPSA) is 51.5 Å². The standard InChI is InChI=1S/C16H17NO3/c18-15-12-10-16(6-3-8-17-9-7-16)20-14(12)11-4-1-2-5-13(11)19-15/h1-2,4-5,17H,3,6-10H2/t16-/m0/s1. The normalized spacial score (nSPS) is 25.4. The smallest absolute Gasteiger partial charge is 0.343 e. The molecule has 20 heavy (non-hydrogen) atoms. The van der Waals surface area contributed by atoms with Crippen LogP contribution < -0.4 is 15.7 Å². The van der Waals surface area contributed by atoms with Crippen LogP contribution in [0.2, 0.25) is 0 Å². The third-order valence-electron chi connectivity index (χ3n) is 4.42. The highest BCUT2D eigenvalue weighted by molar-refractivity contribution is 5.85. The van der Waals surface area contributed by atoms with E-state index < -0.39 is 0 Å². The molecule has 0 amide bonds. The van der Waals surface area contributed by atoms with Gasteiger partial charge in [0, 0.05) is 6.42 Å². The fourth-order valence-electron chi connectivity index (χ4n) is 3.38. The van der Waals surface area contributed by atoms with E-state index >= 15 is 0 Å². The zero-order valence-corrected chi connectivity index (χ0v) is 11.3. The molecule has 0 radical (unpaired) electrons. The first-order chi connectivity index (χ1) is 9.77. The molecule has 1 spiro atoms. The van der Waals surface area contributed by atoms with Gasteiger partial charge in [-0.15, -0.1) is 0 Å². The molecule has 1 aromatic heterocycles. The van der Waals surface area contributed by atoms with E-state index in [1.54, 1.807) is 0 Å². The Kier molecular flexibility index (Phi) is 2.60. The molecule has 1 atom stereocenters. The van der Waals surface area contributed by atoms with E-state index in [4.69, 9.17) is 9.15 Å². The molecule has 2 aliphatic heterocycles. The van der Waals surface area contributed by atoms with Crippen molar-refractivity contribution in [1.29, 1.82) is 0 Å². The number of ether oxygens (including phenoxy) is 1. The predicted octanol–water partition coefficient (Wildman–Crippen LogP) is 2.24. The van der Waals surface area contributed by atoms with Gasteiger partial charge in [0.05, 0.1) is 10.9 Å². The lowest BCUT2D eigenvalue weighted by molar-refractivity contribution is 0.0823. The van der Waals surface area contributed by atoms with Crippen molar-refractivity contribution < 1.29 is 9.15 Å². The number of fused-ring (bicyclic) bond motifs is 3. The lowest BCUT2D eigenvalue weighted by Crippen LogP contribution is -2.35. The van der Waals surface area contributed by atoms with Crippen molar-refractivity contribution in [3.63, 3.8) is 0 Å². The van der Waals surface area contributed by atoms with E-state index in [1.807, 2.05) is 24.3 Å². The van der Waals surface area contributed by atoms with Gasteiger partial charge in [-0.1, -0.05) is 12.1 Å². The molecule has 1 fully saturated rings. The summed E-state index contributed by atoms with van der Waals surface area (Å²) in [6, 6.07) is 7.61. The van der Waals surface area contributed by atoms with E-state index in [0.717, 1.165) is 43.5 Å². The lowest BCUT2D eigenvalue weighted by Gasteiger charge is -2.26. The Labute approximate surface area is 116 Å². The van der Waals surface area contributed by atoms with Crippen LogP contribution in [0.3, 0.4) is 0 Å². The molecule has 4 rings (SSSR count). The number of benzene rings is 1. The summed E-state index contributed by atoms with van der Waals surface area (Å²) in [7, 11) is 0. The third-order valence-corrected chi connectivity index (χ3v) is 4.42. The Balaban J connectivity index is 1.86. The quantitative estimate of drug-likeness (QED) is 0.747. The molecule has 0 saturated carbocycles. The number of rotatable bonds is 0. The highest BCUT2D eigenvalue weighted by Crippen LogP contribution is 2.42. The average molecular weight is 271 g/mol. The third kappa shape index (κ3) is 1.75. The van der Waals surface area contributed by atoms with Crippen molar-refractivity contribution in [3.05, 3.63) is 40.2 Å². The van der Waals surface area contributed by atoms with Gasteiger partial charge in [0.1, 0.15) is 16.9 Å². The Hall–Kier alpha value is -1.81. The molecule has 3 heterocycles. The van der Waals surface area contributed by atoms with Crippen LogP contribution >= 0.6 is 0 Å². The van der Waals surface area contributed by atoms with Gasteiger partial charge < -0.3 is 14.5 Å². The van der Waals surface area contributed by atoms with Crippen molar-refractivity contribution in [1.82, 2.24) is 5.32 Å². The first-order valence-electron chi connectivity index (χ1n) is 7.22. The van der Waals surface area contributed by atoms with Crippen LogP contribution in [0.4, 0.5) is 0 Å². The second-order valence-electron chi connectivity index (χ2n) is 5.76. The Morgan fingerprint density at radius 3 is 3.00 bits per heavy atom. The van der Waals surface area contributed by atoms with E-state index in [2.05, 4.69) is 5.32 Å². The lowest BCUT2D eigenvalue weighted by atomic mass is 9.90. The minimum absolute atomic E-state index is 0.218. The molecule has 0 bridgehead atoms. The summed E-state index contributed by atoms with van der Waals surface area (Å²) in [5, 5.41) is 4.31. The molecule has 2 aliphatic rings. The summed E-state index contributed by atoms with van der Waals surface area (Å²) in [5.41, 5.74) is 0.864. The summed E-state index contributed by atoms with van der Waals surface area (Å²) in [6.45, 7) is 1.97. The molecule has 1 aromatic carbocycles.